The standard InChI is InChI=1S/C5H6N2O2/c1-7-3-2-4(8)5(9)6-7/h2-3H,1H3,(H,6,9). The fourth-order valence-electron chi connectivity index (χ4n) is 0.508. The summed E-state index contributed by atoms with van der Waals surface area (Å²) in [6.45, 7) is 0. The average molecular weight is 126 g/mol. The summed E-state index contributed by atoms with van der Waals surface area (Å²) in [5, 5.41) is 2.29. The Labute approximate surface area is 50.7 Å². The van der Waals surface area contributed by atoms with E-state index in [2.05, 4.69) is 5.10 Å². The van der Waals surface area contributed by atoms with Crippen molar-refractivity contribution in [3.8, 4) is 0 Å². The molecule has 1 N–H and O–H groups in total. The lowest BCUT2D eigenvalue weighted by Crippen LogP contribution is -2.28. The molecule has 0 spiro atoms. The minimum atomic E-state index is -0.583. The maximum atomic E-state index is 10.5. The third-order valence-electron chi connectivity index (χ3n) is 0.951. The second-order valence-electron chi connectivity index (χ2n) is 1.73. The average Bonchev–Trinajstić information content (AvgIpc) is 1.80. The highest BCUT2D eigenvalue weighted by Gasteiger charge is 1.87. The van der Waals surface area contributed by atoms with Crippen LogP contribution in [0.1, 0.15) is 0 Å². The molecule has 0 aliphatic carbocycles. The number of aromatic nitrogens is 2. The number of nitrogens with zero attached hydrogens (tertiary/aromatic N) is 1. The van der Waals surface area contributed by atoms with E-state index in [1.807, 2.05) is 0 Å². The number of aryl methyl sites for hydroxylation is 1. The Balaban J connectivity index is 3.53. The van der Waals surface area contributed by atoms with E-state index in [0.717, 1.165) is 0 Å². The predicted octanol–water partition coefficient (Wildman–Crippen LogP) is -0.926. The first-order valence-electron chi connectivity index (χ1n) is 2.46. The molecule has 0 aliphatic heterocycles. The van der Waals surface area contributed by atoms with Crippen molar-refractivity contribution >= 4 is 0 Å². The lowest BCUT2D eigenvalue weighted by Gasteiger charge is -1.91. The molecule has 1 aromatic heterocycles. The van der Waals surface area contributed by atoms with Crippen molar-refractivity contribution in [2.75, 3.05) is 0 Å². The molecule has 0 atom stereocenters. The van der Waals surface area contributed by atoms with Gasteiger partial charge in [0.15, 0.2) is 0 Å². The van der Waals surface area contributed by atoms with Gasteiger partial charge in [-0.1, -0.05) is 0 Å². The van der Waals surface area contributed by atoms with E-state index in [9.17, 15) is 9.59 Å². The van der Waals surface area contributed by atoms with E-state index in [-0.39, 0.29) is 0 Å². The molecule has 0 amide bonds. The van der Waals surface area contributed by atoms with Gasteiger partial charge in [-0.15, -0.1) is 0 Å². The van der Waals surface area contributed by atoms with Crippen LogP contribution in [0.15, 0.2) is 21.9 Å². The van der Waals surface area contributed by atoms with Gasteiger partial charge < -0.3 is 0 Å². The zero-order chi connectivity index (χ0) is 6.85. The molecule has 0 fully saturated rings. The van der Waals surface area contributed by atoms with Crippen molar-refractivity contribution in [1.82, 2.24) is 9.78 Å². The van der Waals surface area contributed by atoms with Gasteiger partial charge in [0.05, 0.1) is 0 Å². The molecule has 9 heavy (non-hydrogen) atoms. The predicted molar refractivity (Wildman–Crippen MR) is 32.3 cm³/mol. The van der Waals surface area contributed by atoms with Crippen molar-refractivity contribution in [2.24, 2.45) is 7.05 Å². The van der Waals surface area contributed by atoms with E-state index >= 15 is 0 Å². The molecule has 1 rings (SSSR count). The Morgan fingerprint density at radius 2 is 2.22 bits per heavy atom. The third-order valence-corrected chi connectivity index (χ3v) is 0.951. The molecule has 0 radical (unpaired) electrons. The summed E-state index contributed by atoms with van der Waals surface area (Å²) in [5.41, 5.74) is -1.09. The van der Waals surface area contributed by atoms with Crippen molar-refractivity contribution in [2.45, 2.75) is 0 Å². The van der Waals surface area contributed by atoms with Gasteiger partial charge in [0.25, 0.3) is 0 Å². The van der Waals surface area contributed by atoms with Crippen LogP contribution in [0.3, 0.4) is 0 Å². The van der Waals surface area contributed by atoms with Crippen LogP contribution in [-0.4, -0.2) is 9.78 Å². The fourth-order valence-corrected chi connectivity index (χ4v) is 0.508. The van der Waals surface area contributed by atoms with Crippen molar-refractivity contribution in [3.63, 3.8) is 0 Å². The molecule has 0 aliphatic rings. The SMILES string of the molecule is Cn1ccc(=O)c(=O)[nH]1. The summed E-state index contributed by atoms with van der Waals surface area (Å²) >= 11 is 0. The van der Waals surface area contributed by atoms with E-state index in [4.69, 9.17) is 0 Å². The second kappa shape index (κ2) is 1.89. The molecule has 1 heterocycles. The number of hydrogen-bond acceptors (Lipinski definition) is 2. The van der Waals surface area contributed by atoms with Gasteiger partial charge in [0.2, 0.25) is 5.43 Å². The Morgan fingerprint density at radius 3 is 2.67 bits per heavy atom. The van der Waals surface area contributed by atoms with E-state index in [1.165, 1.54) is 16.9 Å². The molecule has 0 saturated heterocycles. The molecule has 1 aromatic rings. The largest absolute Gasteiger partial charge is 0.310 e. The fraction of sp³-hybridized carbons (Fsp3) is 0.200. The molecule has 4 heteroatoms. The Morgan fingerprint density at radius 1 is 1.56 bits per heavy atom. The third kappa shape index (κ3) is 1.07. The van der Waals surface area contributed by atoms with Crippen LogP contribution in [0.2, 0.25) is 0 Å². The molecule has 4 nitrogen and oxygen atoms in total. The van der Waals surface area contributed by atoms with Gasteiger partial charge in [0, 0.05) is 19.3 Å². The summed E-state index contributed by atoms with van der Waals surface area (Å²) in [5.74, 6) is 0. The highest BCUT2D eigenvalue weighted by atomic mass is 16.2. The first-order valence-corrected chi connectivity index (χ1v) is 2.46. The number of H-pyrrole nitrogens is 1. The number of hydrogen-bond donors (Lipinski definition) is 1. The minimum absolute atomic E-state index is 0.506. The molecule has 48 valence electrons. The summed E-state index contributed by atoms with van der Waals surface area (Å²) < 4.78 is 1.42. The molecule has 0 aromatic carbocycles. The number of rotatable bonds is 0. The van der Waals surface area contributed by atoms with Crippen LogP contribution in [0.5, 0.6) is 0 Å². The van der Waals surface area contributed by atoms with Crippen LogP contribution < -0.4 is 11.0 Å². The summed E-state index contributed by atoms with van der Waals surface area (Å²) in [7, 11) is 1.64. The highest BCUT2D eigenvalue weighted by molar-refractivity contribution is 4.85. The van der Waals surface area contributed by atoms with E-state index in [0.29, 0.717) is 0 Å². The van der Waals surface area contributed by atoms with Gasteiger partial charge in [-0.3, -0.25) is 19.4 Å². The first-order chi connectivity index (χ1) is 4.20. The lowest BCUT2D eigenvalue weighted by molar-refractivity contribution is 0.716. The van der Waals surface area contributed by atoms with Crippen LogP contribution in [0.25, 0.3) is 0 Å². The number of aromatic amines is 1. The summed E-state index contributed by atoms with van der Waals surface area (Å²) in [6.07, 6.45) is 1.49. The van der Waals surface area contributed by atoms with Gasteiger partial charge >= 0.3 is 5.56 Å². The Bertz CT molecular complexity index is 309. The minimum Gasteiger partial charge on any atom is -0.295 e. The maximum absolute atomic E-state index is 10.5. The van der Waals surface area contributed by atoms with Gasteiger partial charge in [-0.05, 0) is 0 Å². The first kappa shape index (κ1) is 5.81. The topological polar surface area (TPSA) is 54.9 Å². The molecule has 0 unspecified atom stereocenters. The summed E-state index contributed by atoms with van der Waals surface area (Å²) in [4.78, 5) is 20.9. The highest BCUT2D eigenvalue weighted by Crippen LogP contribution is 1.62. The van der Waals surface area contributed by atoms with Crippen molar-refractivity contribution in [3.05, 3.63) is 32.8 Å². The van der Waals surface area contributed by atoms with Crippen LogP contribution in [-0.2, 0) is 7.05 Å². The Kier molecular flexibility index (Phi) is 1.22. The van der Waals surface area contributed by atoms with Crippen LogP contribution >= 0.6 is 0 Å². The smallest absolute Gasteiger partial charge is 0.295 e. The van der Waals surface area contributed by atoms with Gasteiger partial charge in [0.1, 0.15) is 0 Å². The zero-order valence-corrected chi connectivity index (χ0v) is 4.92. The molecular formula is C5H6N2O2. The molecule has 0 saturated carbocycles. The quantitative estimate of drug-likeness (QED) is 0.457. The molecular weight excluding hydrogens is 120 g/mol. The monoisotopic (exact) mass is 126 g/mol. The van der Waals surface area contributed by atoms with Gasteiger partial charge in [-0.2, -0.15) is 0 Å². The Hall–Kier alpha value is -1.32. The van der Waals surface area contributed by atoms with Crippen molar-refractivity contribution in [1.29, 1.82) is 0 Å². The lowest BCUT2D eigenvalue weighted by atomic mass is 10.6. The van der Waals surface area contributed by atoms with Crippen LogP contribution in [0, 0.1) is 0 Å². The second-order valence-corrected chi connectivity index (χ2v) is 1.73. The van der Waals surface area contributed by atoms with Crippen molar-refractivity contribution < 1.29 is 0 Å². The van der Waals surface area contributed by atoms with Gasteiger partial charge in [-0.25, -0.2) is 0 Å². The number of nitrogens with one attached hydrogen (secondary N) is 1. The van der Waals surface area contributed by atoms with E-state index < -0.39 is 11.0 Å². The van der Waals surface area contributed by atoms with E-state index in [1.54, 1.807) is 7.05 Å². The van der Waals surface area contributed by atoms with Crippen LogP contribution in [0.4, 0.5) is 0 Å². The molecule has 0 bridgehead atoms. The maximum Gasteiger partial charge on any atom is 0.310 e. The summed E-state index contributed by atoms with van der Waals surface area (Å²) in [6, 6.07) is 1.22. The zero-order valence-electron chi connectivity index (χ0n) is 4.92. The normalized spacial score (nSPS) is 9.44.